The lowest BCUT2D eigenvalue weighted by atomic mass is 10.3. The number of hydrogen-bond acceptors (Lipinski definition) is 4. The van der Waals surface area contributed by atoms with Crippen LogP contribution < -0.4 is 5.32 Å². The Morgan fingerprint density at radius 3 is 2.42 bits per heavy atom. The van der Waals surface area contributed by atoms with Crippen molar-refractivity contribution in [3.8, 4) is 0 Å². The maximum atomic E-state index is 12.5. The van der Waals surface area contributed by atoms with Crippen molar-refractivity contribution in [1.29, 1.82) is 0 Å². The summed E-state index contributed by atoms with van der Waals surface area (Å²) in [7, 11) is 0.398. The number of nitrogens with one attached hydrogen (secondary N) is 1. The summed E-state index contributed by atoms with van der Waals surface area (Å²) in [6.45, 7) is 8.06. The second-order valence-corrected chi connectivity index (χ2v) is 8.23. The summed E-state index contributed by atoms with van der Waals surface area (Å²) in [5.74, 6) is 0.796. The molecule has 7 nitrogen and oxygen atoms in total. The highest BCUT2D eigenvalue weighted by molar-refractivity contribution is 14.0. The van der Waals surface area contributed by atoms with E-state index in [1.165, 1.54) is 4.31 Å². The molecule has 0 aromatic heterocycles. The summed E-state index contributed by atoms with van der Waals surface area (Å²) in [6.07, 6.45) is 2.08. The Bertz CT molecular complexity index is 477. The van der Waals surface area contributed by atoms with Gasteiger partial charge in [0, 0.05) is 40.3 Å². The fourth-order valence-electron chi connectivity index (χ4n) is 2.66. The molecule has 9 heteroatoms. The summed E-state index contributed by atoms with van der Waals surface area (Å²) in [5, 5.41) is 3.13. The third-order valence-corrected chi connectivity index (χ3v) is 5.65. The Labute approximate surface area is 164 Å². The maximum Gasteiger partial charge on any atom is 0.216 e. The Morgan fingerprint density at radius 1 is 1.33 bits per heavy atom. The monoisotopic (exact) mass is 476 g/mol. The summed E-state index contributed by atoms with van der Waals surface area (Å²) >= 11 is 0. The SMILES string of the molecule is CCCCN(C)C(=NC)NCCS(=O)(=O)N1CC(C)OC(C)C1.I. The van der Waals surface area contributed by atoms with E-state index in [4.69, 9.17) is 4.74 Å². The second kappa shape index (κ2) is 11.5. The highest BCUT2D eigenvalue weighted by atomic mass is 127. The molecular weight excluding hydrogens is 443 g/mol. The van der Waals surface area contributed by atoms with E-state index in [2.05, 4.69) is 17.2 Å². The van der Waals surface area contributed by atoms with Gasteiger partial charge in [-0.3, -0.25) is 4.99 Å². The molecule has 1 aliphatic rings. The Morgan fingerprint density at radius 2 is 1.92 bits per heavy atom. The van der Waals surface area contributed by atoms with E-state index in [0.717, 1.165) is 25.3 Å². The number of sulfonamides is 1. The molecule has 1 fully saturated rings. The van der Waals surface area contributed by atoms with E-state index in [9.17, 15) is 8.42 Å². The number of aliphatic imine (C=N–C) groups is 1. The van der Waals surface area contributed by atoms with Crippen molar-refractivity contribution in [2.75, 3.05) is 46.0 Å². The molecule has 2 atom stereocenters. The molecule has 2 unspecified atom stereocenters. The first-order chi connectivity index (χ1) is 10.8. The fraction of sp³-hybridized carbons (Fsp3) is 0.933. The number of morpholine rings is 1. The van der Waals surface area contributed by atoms with Gasteiger partial charge in [0.05, 0.1) is 18.0 Å². The predicted molar refractivity (Wildman–Crippen MR) is 110 cm³/mol. The van der Waals surface area contributed by atoms with Crippen LogP contribution in [0.15, 0.2) is 4.99 Å². The molecule has 0 aliphatic carbocycles. The Balaban J connectivity index is 0.00000529. The second-order valence-electron chi connectivity index (χ2n) is 6.14. The Hall–Kier alpha value is -0.130. The number of nitrogens with zero attached hydrogens (tertiary/aromatic N) is 3. The molecule has 0 spiro atoms. The highest BCUT2D eigenvalue weighted by Crippen LogP contribution is 2.14. The maximum absolute atomic E-state index is 12.5. The van der Waals surface area contributed by atoms with Gasteiger partial charge in [0.1, 0.15) is 0 Å². The van der Waals surface area contributed by atoms with Crippen LogP contribution in [0.1, 0.15) is 33.6 Å². The van der Waals surface area contributed by atoms with Gasteiger partial charge in [-0.2, -0.15) is 4.31 Å². The van der Waals surface area contributed by atoms with Crippen LogP contribution in [0, 0.1) is 0 Å². The molecule has 1 aliphatic heterocycles. The summed E-state index contributed by atoms with van der Waals surface area (Å²) in [4.78, 5) is 6.22. The van der Waals surface area contributed by atoms with E-state index in [0.29, 0.717) is 19.6 Å². The zero-order chi connectivity index (χ0) is 17.5. The molecule has 1 N–H and O–H groups in total. The molecule has 0 aromatic carbocycles. The van der Waals surface area contributed by atoms with Gasteiger partial charge in [0.15, 0.2) is 5.96 Å². The average molecular weight is 476 g/mol. The molecule has 0 amide bonds. The number of ether oxygens (including phenoxy) is 1. The molecular formula is C15H33IN4O3S. The number of halogens is 1. The number of rotatable bonds is 7. The molecule has 0 aromatic rings. The minimum atomic E-state index is -3.28. The number of unbranched alkanes of at least 4 members (excludes halogenated alkanes) is 1. The van der Waals surface area contributed by atoms with Gasteiger partial charge < -0.3 is 15.0 Å². The molecule has 0 radical (unpaired) electrons. The van der Waals surface area contributed by atoms with E-state index >= 15 is 0 Å². The van der Waals surface area contributed by atoms with Crippen molar-refractivity contribution in [2.45, 2.75) is 45.8 Å². The third-order valence-electron chi connectivity index (χ3n) is 3.84. The summed E-state index contributed by atoms with van der Waals surface area (Å²) < 4.78 is 32.1. The van der Waals surface area contributed by atoms with Crippen molar-refractivity contribution < 1.29 is 13.2 Å². The van der Waals surface area contributed by atoms with Gasteiger partial charge in [-0.15, -0.1) is 24.0 Å². The summed E-state index contributed by atoms with van der Waals surface area (Å²) in [6, 6.07) is 0. The standard InChI is InChI=1S/C15H32N4O3S.HI/c1-6-7-9-18(5)15(16-4)17-8-10-23(20,21)19-11-13(2)22-14(3)12-19;/h13-14H,6-12H2,1-5H3,(H,16,17);1H. The minimum Gasteiger partial charge on any atom is -0.373 e. The van der Waals surface area contributed by atoms with E-state index < -0.39 is 10.0 Å². The van der Waals surface area contributed by atoms with E-state index in [-0.39, 0.29) is 41.9 Å². The normalized spacial score (nSPS) is 22.8. The lowest BCUT2D eigenvalue weighted by molar-refractivity contribution is -0.0440. The van der Waals surface area contributed by atoms with Crippen LogP contribution in [0.5, 0.6) is 0 Å². The highest BCUT2D eigenvalue weighted by Gasteiger charge is 2.30. The molecule has 0 bridgehead atoms. The largest absolute Gasteiger partial charge is 0.373 e. The van der Waals surface area contributed by atoms with E-state index in [1.807, 2.05) is 25.8 Å². The van der Waals surface area contributed by atoms with Crippen molar-refractivity contribution in [1.82, 2.24) is 14.5 Å². The molecule has 24 heavy (non-hydrogen) atoms. The van der Waals surface area contributed by atoms with Crippen LogP contribution in [0.3, 0.4) is 0 Å². The zero-order valence-corrected chi connectivity index (χ0v) is 18.6. The summed E-state index contributed by atoms with van der Waals surface area (Å²) in [5.41, 5.74) is 0. The number of hydrogen-bond donors (Lipinski definition) is 1. The van der Waals surface area contributed by atoms with Crippen molar-refractivity contribution in [3.05, 3.63) is 0 Å². The van der Waals surface area contributed by atoms with Gasteiger partial charge in [-0.1, -0.05) is 13.3 Å². The molecule has 1 saturated heterocycles. The van der Waals surface area contributed by atoms with Crippen LogP contribution in [-0.4, -0.2) is 81.8 Å². The Kier molecular flexibility index (Phi) is 11.4. The first-order valence-electron chi connectivity index (χ1n) is 8.35. The van der Waals surface area contributed by atoms with Crippen molar-refractivity contribution in [2.24, 2.45) is 4.99 Å². The van der Waals surface area contributed by atoms with Crippen molar-refractivity contribution >= 4 is 40.0 Å². The minimum absolute atomic E-state index is 0. The van der Waals surface area contributed by atoms with Crippen molar-refractivity contribution in [3.63, 3.8) is 0 Å². The predicted octanol–water partition coefficient (Wildman–Crippen LogP) is 1.35. The smallest absolute Gasteiger partial charge is 0.216 e. The van der Waals surface area contributed by atoms with Gasteiger partial charge in [0.2, 0.25) is 10.0 Å². The molecule has 1 rings (SSSR count). The van der Waals surface area contributed by atoms with Gasteiger partial charge in [-0.05, 0) is 20.3 Å². The molecule has 0 saturated carbocycles. The first kappa shape index (κ1) is 23.9. The van der Waals surface area contributed by atoms with Crippen LogP contribution in [0.2, 0.25) is 0 Å². The number of guanidine groups is 1. The quantitative estimate of drug-likeness (QED) is 0.341. The average Bonchev–Trinajstić information content (AvgIpc) is 2.48. The molecule has 1 heterocycles. The first-order valence-corrected chi connectivity index (χ1v) is 9.96. The van der Waals surface area contributed by atoms with Gasteiger partial charge in [-0.25, -0.2) is 8.42 Å². The molecule has 144 valence electrons. The van der Waals surface area contributed by atoms with Gasteiger partial charge in [0.25, 0.3) is 0 Å². The van der Waals surface area contributed by atoms with Gasteiger partial charge >= 0.3 is 0 Å². The lowest BCUT2D eigenvalue weighted by Gasteiger charge is -2.34. The van der Waals surface area contributed by atoms with E-state index in [1.54, 1.807) is 7.05 Å². The van der Waals surface area contributed by atoms with Crippen LogP contribution in [0.4, 0.5) is 0 Å². The fourth-order valence-corrected chi connectivity index (χ4v) is 4.16. The van der Waals surface area contributed by atoms with Crippen LogP contribution >= 0.6 is 24.0 Å². The lowest BCUT2D eigenvalue weighted by Crippen LogP contribution is -2.50. The van der Waals surface area contributed by atoms with Crippen LogP contribution in [0.25, 0.3) is 0 Å². The third kappa shape index (κ3) is 7.83. The topological polar surface area (TPSA) is 74.2 Å². The zero-order valence-electron chi connectivity index (χ0n) is 15.5. The van der Waals surface area contributed by atoms with Crippen LogP contribution in [-0.2, 0) is 14.8 Å².